The molecule has 0 atom stereocenters. The molecule has 0 amide bonds. The number of rotatable bonds is 1. The van der Waals surface area contributed by atoms with Crippen molar-refractivity contribution in [2.24, 2.45) is 0 Å². The summed E-state index contributed by atoms with van der Waals surface area (Å²) in [6, 6.07) is 1.90. The second-order valence-electron chi connectivity index (χ2n) is 3.83. The number of carbonyl (C=O) groups excluding carboxylic acids is 1. The highest BCUT2D eigenvalue weighted by atomic mass is 16.1. The lowest BCUT2D eigenvalue weighted by atomic mass is 10.0. The van der Waals surface area contributed by atoms with E-state index in [-0.39, 0.29) is 5.78 Å². The van der Waals surface area contributed by atoms with Gasteiger partial charge in [-0.1, -0.05) is 0 Å². The van der Waals surface area contributed by atoms with Crippen molar-refractivity contribution in [3.63, 3.8) is 0 Å². The van der Waals surface area contributed by atoms with E-state index in [4.69, 9.17) is 5.73 Å². The van der Waals surface area contributed by atoms with Crippen LogP contribution in [0.25, 0.3) is 0 Å². The molecule has 0 spiro atoms. The van der Waals surface area contributed by atoms with Gasteiger partial charge in [0.1, 0.15) is 5.82 Å². The first-order valence-electron chi connectivity index (χ1n) is 5.18. The number of carbonyl (C=O) groups is 1. The van der Waals surface area contributed by atoms with Crippen molar-refractivity contribution in [2.75, 3.05) is 18.8 Å². The van der Waals surface area contributed by atoms with Gasteiger partial charge in [-0.05, 0) is 31.5 Å². The Kier molecular flexibility index (Phi) is 2.68. The Morgan fingerprint density at radius 1 is 1.47 bits per heavy atom. The normalized spacial score (nSPS) is 15.5. The highest BCUT2D eigenvalue weighted by Crippen LogP contribution is 2.18. The first-order chi connectivity index (χ1) is 7.18. The second kappa shape index (κ2) is 3.98. The molecular formula is C11H15N3O. The van der Waals surface area contributed by atoms with Crippen LogP contribution in [-0.4, -0.2) is 23.9 Å². The molecular weight excluding hydrogens is 190 g/mol. The summed E-state index contributed by atoms with van der Waals surface area (Å²) in [5, 5.41) is 3.30. The van der Waals surface area contributed by atoms with E-state index in [9.17, 15) is 4.79 Å². The molecule has 2 rings (SSSR count). The molecule has 80 valence electrons. The standard InChI is InChI=1S/C11H15N3O/c1-7(15)9-6-8-2-4-13-5-3-10(8)14-11(9)12/h6,13H,2-5H2,1H3,(H2,12,14). The first kappa shape index (κ1) is 10.1. The van der Waals surface area contributed by atoms with Crippen LogP contribution >= 0.6 is 0 Å². The molecule has 0 aromatic carbocycles. The number of ketones is 1. The van der Waals surface area contributed by atoms with Crippen molar-refractivity contribution in [1.82, 2.24) is 10.3 Å². The van der Waals surface area contributed by atoms with Gasteiger partial charge >= 0.3 is 0 Å². The Bertz CT molecular complexity index is 401. The lowest BCUT2D eigenvalue weighted by Gasteiger charge is -2.08. The van der Waals surface area contributed by atoms with Gasteiger partial charge in [-0.15, -0.1) is 0 Å². The van der Waals surface area contributed by atoms with Crippen molar-refractivity contribution in [3.8, 4) is 0 Å². The lowest BCUT2D eigenvalue weighted by Crippen LogP contribution is -2.16. The number of nitrogens with one attached hydrogen (secondary N) is 1. The van der Waals surface area contributed by atoms with E-state index < -0.39 is 0 Å². The third kappa shape index (κ3) is 1.99. The van der Waals surface area contributed by atoms with Crippen LogP contribution in [0.4, 0.5) is 5.82 Å². The van der Waals surface area contributed by atoms with E-state index >= 15 is 0 Å². The van der Waals surface area contributed by atoms with Gasteiger partial charge in [-0.25, -0.2) is 4.98 Å². The number of hydrogen-bond donors (Lipinski definition) is 2. The fourth-order valence-corrected chi connectivity index (χ4v) is 1.88. The lowest BCUT2D eigenvalue weighted by molar-refractivity contribution is 0.101. The molecule has 4 heteroatoms. The summed E-state index contributed by atoms with van der Waals surface area (Å²) in [5.41, 5.74) is 8.48. The van der Waals surface area contributed by atoms with E-state index in [0.29, 0.717) is 11.4 Å². The molecule has 2 heterocycles. The molecule has 0 bridgehead atoms. The van der Waals surface area contributed by atoms with Crippen LogP contribution in [0.15, 0.2) is 6.07 Å². The van der Waals surface area contributed by atoms with Gasteiger partial charge in [0, 0.05) is 18.7 Å². The number of anilines is 1. The quantitative estimate of drug-likeness (QED) is 0.657. The molecule has 1 aromatic rings. The van der Waals surface area contributed by atoms with Crippen molar-refractivity contribution in [1.29, 1.82) is 0 Å². The summed E-state index contributed by atoms with van der Waals surface area (Å²) >= 11 is 0. The Labute approximate surface area is 88.9 Å². The van der Waals surface area contributed by atoms with Gasteiger partial charge in [0.2, 0.25) is 0 Å². The van der Waals surface area contributed by atoms with Crippen molar-refractivity contribution < 1.29 is 4.79 Å². The number of nitrogen functional groups attached to an aromatic ring is 1. The van der Waals surface area contributed by atoms with E-state index in [1.807, 2.05) is 6.07 Å². The zero-order valence-corrected chi connectivity index (χ0v) is 8.84. The summed E-state index contributed by atoms with van der Waals surface area (Å²) in [6.07, 6.45) is 1.81. The number of fused-ring (bicyclic) bond motifs is 1. The number of hydrogen-bond acceptors (Lipinski definition) is 4. The van der Waals surface area contributed by atoms with Gasteiger partial charge in [0.25, 0.3) is 0 Å². The molecule has 0 saturated carbocycles. The largest absolute Gasteiger partial charge is 0.383 e. The Morgan fingerprint density at radius 3 is 2.93 bits per heavy atom. The smallest absolute Gasteiger partial charge is 0.163 e. The Morgan fingerprint density at radius 2 is 2.20 bits per heavy atom. The maximum Gasteiger partial charge on any atom is 0.163 e. The highest BCUT2D eigenvalue weighted by molar-refractivity contribution is 5.98. The van der Waals surface area contributed by atoms with Gasteiger partial charge in [0.05, 0.1) is 5.56 Å². The van der Waals surface area contributed by atoms with Gasteiger partial charge in [-0.3, -0.25) is 4.79 Å². The average Bonchev–Trinajstić information content (AvgIpc) is 2.40. The van der Waals surface area contributed by atoms with Crippen molar-refractivity contribution in [3.05, 3.63) is 22.9 Å². The fraction of sp³-hybridized carbons (Fsp3) is 0.455. The molecule has 0 unspecified atom stereocenters. The summed E-state index contributed by atoms with van der Waals surface area (Å²) in [6.45, 7) is 3.39. The van der Waals surface area contributed by atoms with Crippen LogP contribution in [0.2, 0.25) is 0 Å². The minimum Gasteiger partial charge on any atom is -0.383 e. The van der Waals surface area contributed by atoms with Crippen LogP contribution in [0.3, 0.4) is 0 Å². The monoisotopic (exact) mass is 205 g/mol. The van der Waals surface area contributed by atoms with Gasteiger partial charge in [0.15, 0.2) is 5.78 Å². The van der Waals surface area contributed by atoms with Crippen molar-refractivity contribution >= 4 is 11.6 Å². The zero-order valence-electron chi connectivity index (χ0n) is 8.84. The van der Waals surface area contributed by atoms with Crippen molar-refractivity contribution in [2.45, 2.75) is 19.8 Å². The minimum atomic E-state index is -0.0139. The predicted octanol–water partition coefficient (Wildman–Crippen LogP) is 0.555. The summed E-state index contributed by atoms with van der Waals surface area (Å²) in [7, 11) is 0. The molecule has 0 radical (unpaired) electrons. The Hall–Kier alpha value is -1.42. The predicted molar refractivity (Wildman–Crippen MR) is 58.9 cm³/mol. The third-order valence-electron chi connectivity index (χ3n) is 2.71. The Balaban J connectivity index is 2.47. The highest BCUT2D eigenvalue weighted by Gasteiger charge is 2.14. The number of Topliss-reactive ketones (excluding diaryl/α,β-unsaturated/α-hetero) is 1. The number of pyridine rings is 1. The van der Waals surface area contributed by atoms with Crippen LogP contribution in [-0.2, 0) is 12.8 Å². The van der Waals surface area contributed by atoms with Crippen LogP contribution < -0.4 is 11.1 Å². The van der Waals surface area contributed by atoms with E-state index in [0.717, 1.165) is 37.2 Å². The zero-order chi connectivity index (χ0) is 10.8. The summed E-state index contributed by atoms with van der Waals surface area (Å²) in [5.74, 6) is 0.350. The summed E-state index contributed by atoms with van der Waals surface area (Å²) in [4.78, 5) is 15.6. The van der Waals surface area contributed by atoms with Gasteiger partial charge < -0.3 is 11.1 Å². The fourth-order valence-electron chi connectivity index (χ4n) is 1.88. The molecule has 0 aliphatic carbocycles. The first-order valence-corrected chi connectivity index (χ1v) is 5.18. The average molecular weight is 205 g/mol. The molecule has 15 heavy (non-hydrogen) atoms. The van der Waals surface area contributed by atoms with Crippen LogP contribution in [0.5, 0.6) is 0 Å². The maximum absolute atomic E-state index is 11.3. The molecule has 0 fully saturated rings. The molecule has 0 saturated heterocycles. The molecule has 1 aromatic heterocycles. The van der Waals surface area contributed by atoms with Crippen LogP contribution in [0.1, 0.15) is 28.5 Å². The molecule has 3 N–H and O–H groups in total. The van der Waals surface area contributed by atoms with Gasteiger partial charge in [-0.2, -0.15) is 0 Å². The van der Waals surface area contributed by atoms with E-state index in [2.05, 4.69) is 10.3 Å². The molecule has 4 nitrogen and oxygen atoms in total. The van der Waals surface area contributed by atoms with E-state index in [1.54, 1.807) is 0 Å². The summed E-state index contributed by atoms with van der Waals surface area (Å²) < 4.78 is 0. The van der Waals surface area contributed by atoms with E-state index in [1.165, 1.54) is 6.92 Å². The number of aromatic nitrogens is 1. The maximum atomic E-state index is 11.3. The minimum absolute atomic E-state index is 0.0139. The SMILES string of the molecule is CC(=O)c1cc2c(nc1N)CCNCC2. The molecule has 1 aliphatic heterocycles. The number of nitrogens with two attached hydrogens (primary N) is 1. The topological polar surface area (TPSA) is 68.0 Å². The second-order valence-corrected chi connectivity index (χ2v) is 3.83. The number of nitrogens with zero attached hydrogens (tertiary/aromatic N) is 1. The third-order valence-corrected chi connectivity index (χ3v) is 2.71. The molecule has 1 aliphatic rings. The van der Waals surface area contributed by atoms with Crippen LogP contribution in [0, 0.1) is 0 Å².